The fraction of sp³-hybridized carbons (Fsp3) is 0.353. The van der Waals surface area contributed by atoms with Gasteiger partial charge in [0.05, 0.1) is 16.8 Å². The second kappa shape index (κ2) is 7.00. The molecule has 7 heteroatoms. The molecule has 0 bridgehead atoms. The van der Waals surface area contributed by atoms with E-state index >= 15 is 0 Å². The van der Waals surface area contributed by atoms with E-state index in [1.165, 1.54) is 0 Å². The van der Waals surface area contributed by atoms with Crippen LogP contribution in [0.5, 0.6) is 0 Å². The van der Waals surface area contributed by atoms with Crippen LogP contribution in [0.3, 0.4) is 0 Å². The summed E-state index contributed by atoms with van der Waals surface area (Å²) in [6, 6.07) is 3.73. The van der Waals surface area contributed by atoms with Gasteiger partial charge in [0.15, 0.2) is 0 Å². The van der Waals surface area contributed by atoms with Crippen LogP contribution >= 0.6 is 11.3 Å². The molecular weight excluding hydrogens is 322 g/mol. The maximum Gasteiger partial charge on any atom is 0.243 e. The first-order valence-corrected chi connectivity index (χ1v) is 8.82. The Kier molecular flexibility index (Phi) is 4.80. The molecule has 24 heavy (non-hydrogen) atoms. The molecule has 0 fully saturated rings. The smallest absolute Gasteiger partial charge is 0.243 e. The standard InChI is InChI=1S/C17H21N5OS/c1-11(2)16-18-6-7-22(16)12(3)17(23)19-9-13-10-20-21-15(13)14-5-4-8-24-14/h4-8,10-12H,9H2,1-3H3,(H,19,23)(H,20,21)/t12-/m0/s1. The second-order valence-corrected chi connectivity index (χ2v) is 6.94. The summed E-state index contributed by atoms with van der Waals surface area (Å²) in [5.74, 6) is 1.16. The summed E-state index contributed by atoms with van der Waals surface area (Å²) in [5, 5.41) is 12.1. The quantitative estimate of drug-likeness (QED) is 0.721. The lowest BCUT2D eigenvalue weighted by atomic mass is 10.2. The number of carbonyl (C=O) groups excluding carboxylic acids is 1. The molecule has 0 aliphatic heterocycles. The molecule has 3 heterocycles. The van der Waals surface area contributed by atoms with Crippen molar-refractivity contribution in [2.75, 3.05) is 0 Å². The van der Waals surface area contributed by atoms with Crippen molar-refractivity contribution in [1.82, 2.24) is 25.1 Å². The van der Waals surface area contributed by atoms with E-state index < -0.39 is 0 Å². The van der Waals surface area contributed by atoms with Gasteiger partial charge in [-0.25, -0.2) is 4.98 Å². The number of amides is 1. The SMILES string of the molecule is CC(C)c1nccn1[C@@H](C)C(=O)NCc1cn[nH]c1-c1cccs1. The molecular formula is C17H21N5OS. The Bertz CT molecular complexity index is 803. The maximum atomic E-state index is 12.5. The molecule has 0 aliphatic rings. The van der Waals surface area contributed by atoms with Gasteiger partial charge in [-0.3, -0.25) is 9.89 Å². The number of imidazole rings is 1. The van der Waals surface area contributed by atoms with E-state index in [4.69, 9.17) is 0 Å². The van der Waals surface area contributed by atoms with E-state index in [1.54, 1.807) is 23.7 Å². The Morgan fingerprint density at radius 3 is 2.96 bits per heavy atom. The van der Waals surface area contributed by atoms with Crippen LogP contribution < -0.4 is 5.32 Å². The minimum atomic E-state index is -0.304. The molecule has 6 nitrogen and oxygen atoms in total. The van der Waals surface area contributed by atoms with Crippen LogP contribution in [-0.2, 0) is 11.3 Å². The molecule has 3 aromatic heterocycles. The molecule has 0 spiro atoms. The van der Waals surface area contributed by atoms with Gasteiger partial charge in [0.25, 0.3) is 0 Å². The lowest BCUT2D eigenvalue weighted by Crippen LogP contribution is -2.31. The minimum Gasteiger partial charge on any atom is -0.350 e. The zero-order chi connectivity index (χ0) is 17.1. The molecule has 0 saturated heterocycles. The third-order valence-corrected chi connectivity index (χ3v) is 4.84. The topological polar surface area (TPSA) is 75.6 Å². The Labute approximate surface area is 144 Å². The van der Waals surface area contributed by atoms with Crippen LogP contribution in [0.15, 0.2) is 36.1 Å². The Morgan fingerprint density at radius 1 is 1.42 bits per heavy atom. The average Bonchev–Trinajstić information content (AvgIpc) is 3.31. The number of aromatic nitrogens is 4. The fourth-order valence-electron chi connectivity index (χ4n) is 2.63. The molecule has 0 radical (unpaired) electrons. The number of aromatic amines is 1. The first-order valence-electron chi connectivity index (χ1n) is 7.94. The van der Waals surface area contributed by atoms with Crippen LogP contribution in [0.1, 0.15) is 44.1 Å². The molecule has 0 aliphatic carbocycles. The van der Waals surface area contributed by atoms with Crippen molar-refractivity contribution in [1.29, 1.82) is 0 Å². The Morgan fingerprint density at radius 2 is 2.25 bits per heavy atom. The number of rotatable bonds is 6. The normalized spacial score (nSPS) is 12.5. The zero-order valence-electron chi connectivity index (χ0n) is 14.0. The zero-order valence-corrected chi connectivity index (χ0v) is 14.8. The van der Waals surface area contributed by atoms with Crippen LogP contribution in [0, 0.1) is 0 Å². The molecule has 2 N–H and O–H groups in total. The van der Waals surface area contributed by atoms with Gasteiger partial charge in [-0.1, -0.05) is 19.9 Å². The predicted octanol–water partition coefficient (Wildman–Crippen LogP) is 3.34. The number of nitrogens with zero attached hydrogens (tertiary/aromatic N) is 3. The van der Waals surface area contributed by atoms with Crippen molar-refractivity contribution in [3.05, 3.63) is 47.5 Å². The molecule has 1 atom stereocenters. The number of hydrogen-bond donors (Lipinski definition) is 2. The highest BCUT2D eigenvalue weighted by atomic mass is 32.1. The third kappa shape index (κ3) is 3.26. The van der Waals surface area contributed by atoms with Crippen molar-refractivity contribution in [3.63, 3.8) is 0 Å². The monoisotopic (exact) mass is 343 g/mol. The summed E-state index contributed by atoms with van der Waals surface area (Å²) >= 11 is 1.64. The fourth-order valence-corrected chi connectivity index (χ4v) is 3.39. The predicted molar refractivity (Wildman–Crippen MR) is 94.8 cm³/mol. The van der Waals surface area contributed by atoms with Crippen molar-refractivity contribution >= 4 is 17.2 Å². The van der Waals surface area contributed by atoms with Crippen LogP contribution in [0.25, 0.3) is 10.6 Å². The van der Waals surface area contributed by atoms with E-state index in [0.717, 1.165) is 22.0 Å². The van der Waals surface area contributed by atoms with Crippen LogP contribution in [0.2, 0.25) is 0 Å². The lowest BCUT2D eigenvalue weighted by Gasteiger charge is -2.17. The Balaban J connectivity index is 1.68. The highest BCUT2D eigenvalue weighted by molar-refractivity contribution is 7.13. The van der Waals surface area contributed by atoms with Gasteiger partial charge in [-0.2, -0.15) is 5.10 Å². The first-order chi connectivity index (χ1) is 11.6. The minimum absolute atomic E-state index is 0.0340. The van der Waals surface area contributed by atoms with Gasteiger partial charge in [-0.05, 0) is 18.4 Å². The highest BCUT2D eigenvalue weighted by Crippen LogP contribution is 2.25. The largest absolute Gasteiger partial charge is 0.350 e. The second-order valence-electron chi connectivity index (χ2n) is 5.99. The molecule has 3 aromatic rings. The summed E-state index contributed by atoms with van der Waals surface area (Å²) < 4.78 is 1.93. The number of thiophene rings is 1. The van der Waals surface area contributed by atoms with Gasteiger partial charge in [0.2, 0.25) is 5.91 Å². The molecule has 0 unspecified atom stereocenters. The van der Waals surface area contributed by atoms with Gasteiger partial charge in [0.1, 0.15) is 11.9 Å². The van der Waals surface area contributed by atoms with Crippen LogP contribution in [0.4, 0.5) is 0 Å². The van der Waals surface area contributed by atoms with Crippen molar-refractivity contribution in [3.8, 4) is 10.6 Å². The number of H-pyrrole nitrogens is 1. The summed E-state index contributed by atoms with van der Waals surface area (Å²) in [4.78, 5) is 18.0. The van der Waals surface area contributed by atoms with E-state index in [-0.39, 0.29) is 17.9 Å². The third-order valence-electron chi connectivity index (χ3n) is 3.95. The summed E-state index contributed by atoms with van der Waals surface area (Å²) in [7, 11) is 0. The van der Waals surface area contributed by atoms with Crippen LogP contribution in [-0.4, -0.2) is 25.7 Å². The summed E-state index contributed by atoms with van der Waals surface area (Å²) in [6.07, 6.45) is 5.36. The molecule has 0 saturated carbocycles. The van der Waals surface area contributed by atoms with E-state index in [1.807, 2.05) is 35.2 Å². The average molecular weight is 343 g/mol. The number of carbonyl (C=O) groups is 1. The van der Waals surface area contributed by atoms with E-state index in [0.29, 0.717) is 6.54 Å². The first kappa shape index (κ1) is 16.4. The van der Waals surface area contributed by atoms with Gasteiger partial charge >= 0.3 is 0 Å². The Hall–Kier alpha value is -2.41. The van der Waals surface area contributed by atoms with E-state index in [9.17, 15) is 4.79 Å². The summed E-state index contributed by atoms with van der Waals surface area (Å²) in [5.41, 5.74) is 1.94. The van der Waals surface area contributed by atoms with Gasteiger partial charge < -0.3 is 9.88 Å². The maximum absolute atomic E-state index is 12.5. The lowest BCUT2D eigenvalue weighted by molar-refractivity contribution is -0.124. The van der Waals surface area contributed by atoms with Gasteiger partial charge in [-0.15, -0.1) is 11.3 Å². The highest BCUT2D eigenvalue weighted by Gasteiger charge is 2.19. The van der Waals surface area contributed by atoms with E-state index in [2.05, 4.69) is 34.3 Å². The molecule has 3 rings (SSSR count). The molecule has 1 amide bonds. The molecule has 0 aromatic carbocycles. The molecule has 126 valence electrons. The van der Waals surface area contributed by atoms with Crippen molar-refractivity contribution in [2.24, 2.45) is 0 Å². The van der Waals surface area contributed by atoms with Crippen molar-refractivity contribution in [2.45, 2.75) is 39.3 Å². The number of nitrogens with one attached hydrogen (secondary N) is 2. The van der Waals surface area contributed by atoms with Crippen molar-refractivity contribution < 1.29 is 4.79 Å². The summed E-state index contributed by atoms with van der Waals surface area (Å²) in [6.45, 7) is 6.47. The van der Waals surface area contributed by atoms with Gasteiger partial charge in [0, 0.05) is 30.4 Å². The number of hydrogen-bond acceptors (Lipinski definition) is 4.